The van der Waals surface area contributed by atoms with Gasteiger partial charge < -0.3 is 9.80 Å². The molecule has 2 nitrogen and oxygen atoms in total. The SMILES string of the molecule is CC(CCN(C)C(C)C)C(C)CCN(C)C(C)C. The monoisotopic (exact) mass is 256 g/mol. The Kier molecular flexibility index (Phi) is 8.89. The quantitative estimate of drug-likeness (QED) is 0.620. The third-order valence-electron chi connectivity index (χ3n) is 4.61. The molecule has 110 valence electrons. The highest BCUT2D eigenvalue weighted by Gasteiger charge is 2.15. The average Bonchev–Trinajstić information content (AvgIpc) is 2.31. The molecule has 0 rings (SSSR count). The Labute approximate surface area is 116 Å². The topological polar surface area (TPSA) is 6.48 Å². The molecule has 0 aromatic carbocycles. The molecule has 0 amide bonds. The fourth-order valence-electron chi connectivity index (χ4n) is 1.90. The average molecular weight is 256 g/mol. The minimum Gasteiger partial charge on any atom is -0.304 e. The first-order valence-corrected chi connectivity index (χ1v) is 7.66. The van der Waals surface area contributed by atoms with Crippen molar-refractivity contribution in [2.24, 2.45) is 11.8 Å². The van der Waals surface area contributed by atoms with Gasteiger partial charge in [-0.1, -0.05) is 13.8 Å². The normalized spacial score (nSPS) is 16.0. The third kappa shape index (κ3) is 7.38. The smallest absolute Gasteiger partial charge is 0.00355 e. The Morgan fingerprint density at radius 2 is 0.889 bits per heavy atom. The Balaban J connectivity index is 3.85. The van der Waals surface area contributed by atoms with Gasteiger partial charge in [0.25, 0.3) is 0 Å². The van der Waals surface area contributed by atoms with Crippen molar-refractivity contribution in [2.75, 3.05) is 27.2 Å². The Bertz CT molecular complexity index is 179. The Morgan fingerprint density at radius 1 is 0.611 bits per heavy atom. The second kappa shape index (κ2) is 8.92. The molecule has 0 saturated heterocycles. The van der Waals surface area contributed by atoms with Crippen LogP contribution in [-0.2, 0) is 0 Å². The number of hydrogen-bond acceptors (Lipinski definition) is 2. The van der Waals surface area contributed by atoms with E-state index in [1.54, 1.807) is 0 Å². The van der Waals surface area contributed by atoms with E-state index in [0.717, 1.165) is 11.8 Å². The Morgan fingerprint density at radius 3 is 1.11 bits per heavy atom. The zero-order chi connectivity index (χ0) is 14.3. The fourth-order valence-corrected chi connectivity index (χ4v) is 1.90. The predicted octanol–water partition coefficient (Wildman–Crippen LogP) is 3.72. The van der Waals surface area contributed by atoms with E-state index >= 15 is 0 Å². The van der Waals surface area contributed by atoms with E-state index in [2.05, 4.69) is 65.4 Å². The molecule has 0 fully saturated rings. The minimum absolute atomic E-state index is 0.666. The van der Waals surface area contributed by atoms with Gasteiger partial charge in [-0.15, -0.1) is 0 Å². The van der Waals surface area contributed by atoms with Gasteiger partial charge in [0.1, 0.15) is 0 Å². The summed E-state index contributed by atoms with van der Waals surface area (Å²) in [6, 6.07) is 1.33. The van der Waals surface area contributed by atoms with Gasteiger partial charge in [-0.3, -0.25) is 0 Å². The van der Waals surface area contributed by atoms with Crippen LogP contribution in [0.15, 0.2) is 0 Å². The van der Waals surface area contributed by atoms with Crippen molar-refractivity contribution < 1.29 is 0 Å². The largest absolute Gasteiger partial charge is 0.304 e. The summed E-state index contributed by atoms with van der Waals surface area (Å²) in [6.07, 6.45) is 2.64. The van der Waals surface area contributed by atoms with E-state index in [1.165, 1.54) is 25.9 Å². The van der Waals surface area contributed by atoms with Crippen LogP contribution in [0.3, 0.4) is 0 Å². The molecule has 0 saturated carbocycles. The number of rotatable bonds is 9. The maximum absolute atomic E-state index is 2.45. The van der Waals surface area contributed by atoms with E-state index in [4.69, 9.17) is 0 Å². The molecule has 0 aliphatic rings. The fraction of sp³-hybridized carbons (Fsp3) is 1.00. The molecular weight excluding hydrogens is 220 g/mol. The lowest BCUT2D eigenvalue weighted by molar-refractivity contribution is 0.208. The minimum atomic E-state index is 0.666. The summed E-state index contributed by atoms with van der Waals surface area (Å²) >= 11 is 0. The molecule has 0 heterocycles. The predicted molar refractivity (Wildman–Crippen MR) is 83.1 cm³/mol. The molecule has 2 atom stereocenters. The van der Waals surface area contributed by atoms with Crippen LogP contribution in [0.2, 0.25) is 0 Å². The highest BCUT2D eigenvalue weighted by Crippen LogP contribution is 2.19. The van der Waals surface area contributed by atoms with Gasteiger partial charge in [0.2, 0.25) is 0 Å². The zero-order valence-electron chi connectivity index (χ0n) is 14.0. The lowest BCUT2D eigenvalue weighted by atomic mass is 9.89. The second-order valence-electron chi connectivity index (χ2n) is 6.68. The lowest BCUT2D eigenvalue weighted by Crippen LogP contribution is -2.31. The van der Waals surface area contributed by atoms with Crippen molar-refractivity contribution in [1.29, 1.82) is 0 Å². The van der Waals surface area contributed by atoms with Gasteiger partial charge >= 0.3 is 0 Å². The molecular formula is C16H36N2. The van der Waals surface area contributed by atoms with Crippen LogP contribution in [0.5, 0.6) is 0 Å². The van der Waals surface area contributed by atoms with Crippen molar-refractivity contribution >= 4 is 0 Å². The molecule has 0 radical (unpaired) electrons. The molecule has 0 spiro atoms. The molecule has 18 heavy (non-hydrogen) atoms. The summed E-state index contributed by atoms with van der Waals surface area (Å²) in [5.41, 5.74) is 0. The van der Waals surface area contributed by atoms with Gasteiger partial charge in [0, 0.05) is 12.1 Å². The van der Waals surface area contributed by atoms with Crippen molar-refractivity contribution in [2.45, 2.75) is 66.5 Å². The molecule has 2 unspecified atom stereocenters. The first-order chi connectivity index (χ1) is 8.25. The molecule has 0 bridgehead atoms. The maximum Gasteiger partial charge on any atom is 0.00355 e. The van der Waals surface area contributed by atoms with Gasteiger partial charge in [-0.2, -0.15) is 0 Å². The third-order valence-corrected chi connectivity index (χ3v) is 4.61. The van der Waals surface area contributed by atoms with Crippen LogP contribution < -0.4 is 0 Å². The maximum atomic E-state index is 2.45. The van der Waals surface area contributed by atoms with Crippen molar-refractivity contribution in [3.63, 3.8) is 0 Å². The zero-order valence-corrected chi connectivity index (χ0v) is 14.0. The van der Waals surface area contributed by atoms with E-state index < -0.39 is 0 Å². The van der Waals surface area contributed by atoms with Gasteiger partial charge in [0.05, 0.1) is 0 Å². The summed E-state index contributed by atoms with van der Waals surface area (Å²) in [6.45, 7) is 16.4. The molecule has 0 aliphatic carbocycles. The van der Waals surface area contributed by atoms with Crippen LogP contribution in [0, 0.1) is 11.8 Å². The number of nitrogens with zero attached hydrogens (tertiary/aromatic N) is 2. The molecule has 0 aromatic rings. The molecule has 0 aliphatic heterocycles. The summed E-state index contributed by atoms with van der Waals surface area (Å²) in [7, 11) is 4.46. The highest BCUT2D eigenvalue weighted by atomic mass is 15.1. The van der Waals surface area contributed by atoms with Crippen LogP contribution in [0.4, 0.5) is 0 Å². The lowest BCUT2D eigenvalue weighted by Gasteiger charge is -2.28. The van der Waals surface area contributed by atoms with Crippen LogP contribution >= 0.6 is 0 Å². The summed E-state index contributed by atoms with van der Waals surface area (Å²) < 4.78 is 0. The van der Waals surface area contributed by atoms with E-state index in [0.29, 0.717) is 12.1 Å². The van der Waals surface area contributed by atoms with Gasteiger partial charge in [-0.05, 0) is 79.6 Å². The van der Waals surface area contributed by atoms with Crippen LogP contribution in [-0.4, -0.2) is 49.1 Å². The molecule has 0 aromatic heterocycles. The van der Waals surface area contributed by atoms with Crippen LogP contribution in [0.25, 0.3) is 0 Å². The molecule has 2 heteroatoms. The highest BCUT2D eigenvalue weighted by molar-refractivity contribution is 4.68. The van der Waals surface area contributed by atoms with Crippen molar-refractivity contribution in [3.8, 4) is 0 Å². The van der Waals surface area contributed by atoms with E-state index in [-0.39, 0.29) is 0 Å². The Hall–Kier alpha value is -0.0800. The van der Waals surface area contributed by atoms with Crippen molar-refractivity contribution in [3.05, 3.63) is 0 Å². The van der Waals surface area contributed by atoms with Crippen molar-refractivity contribution in [1.82, 2.24) is 9.80 Å². The molecule has 0 N–H and O–H groups in total. The van der Waals surface area contributed by atoms with E-state index in [1.807, 2.05) is 0 Å². The van der Waals surface area contributed by atoms with E-state index in [9.17, 15) is 0 Å². The first kappa shape index (κ1) is 17.9. The van der Waals surface area contributed by atoms with Gasteiger partial charge in [-0.25, -0.2) is 0 Å². The summed E-state index contributed by atoms with van der Waals surface area (Å²) in [4.78, 5) is 4.90. The standard InChI is InChI=1S/C16H36N2/c1-13(2)17(7)11-9-15(5)16(6)10-12-18(8)14(3)4/h13-16H,9-12H2,1-8H3. The second-order valence-corrected chi connectivity index (χ2v) is 6.68. The summed E-state index contributed by atoms with van der Waals surface area (Å²) in [5, 5.41) is 0. The van der Waals surface area contributed by atoms with Crippen LogP contribution in [0.1, 0.15) is 54.4 Å². The first-order valence-electron chi connectivity index (χ1n) is 7.66. The summed E-state index contributed by atoms with van der Waals surface area (Å²) in [5.74, 6) is 1.65. The number of hydrogen-bond donors (Lipinski definition) is 0. The van der Waals surface area contributed by atoms with Gasteiger partial charge in [0.15, 0.2) is 0 Å².